The minimum absolute atomic E-state index is 0.398. The minimum Gasteiger partial charge on any atom is -0.298 e. The zero-order valence-corrected chi connectivity index (χ0v) is 11.8. The fraction of sp³-hybridized carbons (Fsp3) is 0.929. The number of carbonyl (C=O) groups is 1. The van der Waals surface area contributed by atoms with E-state index in [9.17, 15) is 4.79 Å². The van der Waals surface area contributed by atoms with Gasteiger partial charge in [-0.15, -0.1) is 0 Å². The Morgan fingerprint density at radius 3 is 2.06 bits per heavy atom. The van der Waals surface area contributed by atoms with Crippen molar-refractivity contribution in [3.63, 3.8) is 0 Å². The van der Waals surface area contributed by atoms with E-state index in [0.29, 0.717) is 24.3 Å². The lowest BCUT2D eigenvalue weighted by Gasteiger charge is -2.31. The highest BCUT2D eigenvalue weighted by atomic mass is 16.1. The topological polar surface area (TPSA) is 20.3 Å². The smallest absolute Gasteiger partial charge is 0.146 e. The van der Waals surface area contributed by atoms with Gasteiger partial charge < -0.3 is 0 Å². The molecule has 0 spiro atoms. The molecule has 0 aromatic heterocycles. The van der Waals surface area contributed by atoms with E-state index in [-0.39, 0.29) is 0 Å². The molecule has 0 heterocycles. The summed E-state index contributed by atoms with van der Waals surface area (Å²) in [5.74, 6) is 1.03. The van der Waals surface area contributed by atoms with E-state index in [0.717, 1.165) is 32.2 Å². The van der Waals surface area contributed by atoms with Crippen molar-refractivity contribution in [2.75, 3.05) is 13.1 Å². The molecule has 96 valence electrons. The molecule has 0 aromatic rings. The summed E-state index contributed by atoms with van der Waals surface area (Å²) < 4.78 is 0. The van der Waals surface area contributed by atoms with Crippen molar-refractivity contribution in [3.05, 3.63) is 0 Å². The van der Waals surface area contributed by atoms with E-state index in [1.807, 2.05) is 0 Å². The second kappa shape index (κ2) is 8.74. The standard InChI is InChI=1S/C14H29NO/c1-6-9-14(16)11-15(10-12(4)5)13(7-2)8-3/h12-13H,6-11H2,1-5H3. The van der Waals surface area contributed by atoms with Crippen LogP contribution in [0.1, 0.15) is 60.3 Å². The third-order valence-electron chi connectivity index (χ3n) is 2.97. The molecule has 2 heteroatoms. The highest BCUT2D eigenvalue weighted by molar-refractivity contribution is 5.80. The van der Waals surface area contributed by atoms with Gasteiger partial charge in [0.1, 0.15) is 5.78 Å². The number of nitrogens with zero attached hydrogens (tertiary/aromatic N) is 1. The molecule has 2 nitrogen and oxygen atoms in total. The summed E-state index contributed by atoms with van der Waals surface area (Å²) >= 11 is 0. The second-order valence-electron chi connectivity index (χ2n) is 5.08. The van der Waals surface area contributed by atoms with E-state index in [1.165, 1.54) is 0 Å². The molecule has 0 radical (unpaired) electrons. The number of ketones is 1. The van der Waals surface area contributed by atoms with Crippen LogP contribution in [-0.2, 0) is 4.79 Å². The molecule has 16 heavy (non-hydrogen) atoms. The van der Waals surface area contributed by atoms with Crippen molar-refractivity contribution in [2.24, 2.45) is 5.92 Å². The van der Waals surface area contributed by atoms with E-state index >= 15 is 0 Å². The minimum atomic E-state index is 0.398. The van der Waals surface area contributed by atoms with Crippen molar-refractivity contribution >= 4 is 5.78 Å². The molecule has 0 aliphatic carbocycles. The largest absolute Gasteiger partial charge is 0.298 e. The molecule has 0 unspecified atom stereocenters. The van der Waals surface area contributed by atoms with E-state index in [2.05, 4.69) is 39.5 Å². The van der Waals surface area contributed by atoms with Gasteiger partial charge in [-0.3, -0.25) is 9.69 Å². The predicted molar refractivity (Wildman–Crippen MR) is 70.7 cm³/mol. The summed E-state index contributed by atoms with van der Waals surface area (Å²) in [6, 6.07) is 0.572. The molecule has 0 amide bonds. The van der Waals surface area contributed by atoms with Crippen molar-refractivity contribution in [2.45, 2.75) is 66.3 Å². The van der Waals surface area contributed by atoms with E-state index in [1.54, 1.807) is 0 Å². The molecule has 0 N–H and O–H groups in total. The van der Waals surface area contributed by atoms with E-state index < -0.39 is 0 Å². The molecule has 0 bridgehead atoms. The maximum Gasteiger partial charge on any atom is 0.146 e. The average molecular weight is 227 g/mol. The van der Waals surface area contributed by atoms with Crippen LogP contribution in [0.3, 0.4) is 0 Å². The third-order valence-corrected chi connectivity index (χ3v) is 2.97. The SMILES string of the molecule is CCCC(=O)CN(CC(C)C)C(CC)CC. The summed E-state index contributed by atoms with van der Waals surface area (Å²) in [5, 5.41) is 0. The van der Waals surface area contributed by atoms with Crippen LogP contribution in [0.5, 0.6) is 0 Å². The number of rotatable bonds is 9. The Labute approximate surface area is 101 Å². The van der Waals surface area contributed by atoms with Gasteiger partial charge in [0, 0.05) is 19.0 Å². The Morgan fingerprint density at radius 2 is 1.69 bits per heavy atom. The van der Waals surface area contributed by atoms with Crippen LogP contribution in [-0.4, -0.2) is 29.8 Å². The molecule has 0 atom stereocenters. The number of Topliss-reactive ketones (excluding diaryl/α,β-unsaturated/α-hetero) is 1. The first-order valence-corrected chi connectivity index (χ1v) is 6.80. The first-order valence-electron chi connectivity index (χ1n) is 6.80. The van der Waals surface area contributed by atoms with Gasteiger partial charge in [-0.25, -0.2) is 0 Å². The average Bonchev–Trinajstić information content (AvgIpc) is 2.18. The number of carbonyl (C=O) groups excluding carboxylic acids is 1. The Morgan fingerprint density at radius 1 is 1.12 bits per heavy atom. The molecular weight excluding hydrogens is 198 g/mol. The molecule has 0 aliphatic heterocycles. The summed E-state index contributed by atoms with van der Waals surface area (Å²) in [6.07, 6.45) is 3.98. The lowest BCUT2D eigenvalue weighted by atomic mass is 10.1. The fourth-order valence-electron chi connectivity index (χ4n) is 2.20. The van der Waals surface area contributed by atoms with Gasteiger partial charge in [0.15, 0.2) is 0 Å². The summed E-state index contributed by atoms with van der Waals surface area (Å²) in [4.78, 5) is 14.1. The molecule has 0 rings (SSSR count). The number of hydrogen-bond donors (Lipinski definition) is 0. The Balaban J connectivity index is 4.34. The van der Waals surface area contributed by atoms with Gasteiger partial charge >= 0.3 is 0 Å². The van der Waals surface area contributed by atoms with Crippen molar-refractivity contribution in [3.8, 4) is 0 Å². The lowest BCUT2D eigenvalue weighted by molar-refractivity contribution is -0.121. The fourth-order valence-corrected chi connectivity index (χ4v) is 2.20. The molecule has 0 fully saturated rings. The van der Waals surface area contributed by atoms with Gasteiger partial charge in [-0.05, 0) is 25.2 Å². The lowest BCUT2D eigenvalue weighted by Crippen LogP contribution is -2.40. The van der Waals surface area contributed by atoms with Crippen LogP contribution >= 0.6 is 0 Å². The van der Waals surface area contributed by atoms with Crippen molar-refractivity contribution in [1.29, 1.82) is 0 Å². The molecule has 0 aromatic carbocycles. The summed E-state index contributed by atoms with van der Waals surface area (Å²) in [7, 11) is 0. The van der Waals surface area contributed by atoms with Crippen LogP contribution in [0.4, 0.5) is 0 Å². The maximum absolute atomic E-state index is 11.7. The zero-order valence-electron chi connectivity index (χ0n) is 11.8. The monoisotopic (exact) mass is 227 g/mol. The molecule has 0 aliphatic rings. The normalized spacial score (nSPS) is 11.8. The van der Waals surface area contributed by atoms with Crippen LogP contribution < -0.4 is 0 Å². The van der Waals surface area contributed by atoms with Gasteiger partial charge in [-0.1, -0.05) is 34.6 Å². The quantitative estimate of drug-likeness (QED) is 0.601. The Kier molecular flexibility index (Phi) is 8.54. The van der Waals surface area contributed by atoms with Crippen molar-refractivity contribution in [1.82, 2.24) is 4.90 Å². The summed E-state index contributed by atoms with van der Waals surface area (Å²) in [6.45, 7) is 12.6. The highest BCUT2D eigenvalue weighted by Crippen LogP contribution is 2.11. The van der Waals surface area contributed by atoms with Gasteiger partial charge in [0.2, 0.25) is 0 Å². The zero-order chi connectivity index (χ0) is 12.6. The van der Waals surface area contributed by atoms with Crippen molar-refractivity contribution < 1.29 is 4.79 Å². The molecule has 0 saturated heterocycles. The molecule has 0 saturated carbocycles. The number of hydrogen-bond acceptors (Lipinski definition) is 2. The second-order valence-corrected chi connectivity index (χ2v) is 5.08. The Hall–Kier alpha value is -0.370. The highest BCUT2D eigenvalue weighted by Gasteiger charge is 2.18. The Bertz CT molecular complexity index is 185. The van der Waals surface area contributed by atoms with Crippen LogP contribution in [0, 0.1) is 5.92 Å². The first-order chi connectivity index (χ1) is 7.54. The third kappa shape index (κ3) is 6.26. The summed E-state index contributed by atoms with van der Waals surface area (Å²) in [5.41, 5.74) is 0. The van der Waals surface area contributed by atoms with E-state index in [4.69, 9.17) is 0 Å². The van der Waals surface area contributed by atoms with Crippen LogP contribution in [0.25, 0.3) is 0 Å². The maximum atomic E-state index is 11.7. The van der Waals surface area contributed by atoms with Gasteiger partial charge in [-0.2, -0.15) is 0 Å². The van der Waals surface area contributed by atoms with Crippen LogP contribution in [0.15, 0.2) is 0 Å². The first kappa shape index (κ1) is 15.6. The van der Waals surface area contributed by atoms with Crippen LogP contribution in [0.2, 0.25) is 0 Å². The molecular formula is C14H29NO. The predicted octanol–water partition coefficient (Wildman–Crippen LogP) is 3.50. The van der Waals surface area contributed by atoms with Gasteiger partial charge in [0.25, 0.3) is 0 Å². The van der Waals surface area contributed by atoms with Gasteiger partial charge in [0.05, 0.1) is 6.54 Å².